The van der Waals surface area contributed by atoms with Crippen LogP contribution in [0.5, 0.6) is 0 Å². The van der Waals surface area contributed by atoms with Gasteiger partial charge in [-0.15, -0.1) is 0 Å². The van der Waals surface area contributed by atoms with Crippen LogP contribution in [-0.2, 0) is 16.3 Å². The molecule has 36 heavy (non-hydrogen) atoms. The minimum Gasteiger partial charge on any atom is -0.452 e. The summed E-state index contributed by atoms with van der Waals surface area (Å²) in [6.45, 7) is 1.99. The summed E-state index contributed by atoms with van der Waals surface area (Å²) in [5, 5.41) is 6.22. The average molecular weight is 516 g/mol. The Morgan fingerprint density at radius 3 is 2.17 bits per heavy atom. The highest BCUT2D eigenvalue weighted by atomic mass is 35.5. The molecule has 0 aliphatic carbocycles. The maximum absolute atomic E-state index is 13.6. The second-order valence-electron chi connectivity index (χ2n) is 8.34. The van der Waals surface area contributed by atoms with Gasteiger partial charge in [-0.05, 0) is 54.4 Å². The number of amides is 3. The van der Waals surface area contributed by atoms with E-state index in [1.54, 1.807) is 24.3 Å². The number of carbonyl (C=O) groups excluding carboxylic acids is 2. The van der Waals surface area contributed by atoms with Crippen LogP contribution in [-0.4, -0.2) is 36.5 Å². The van der Waals surface area contributed by atoms with Crippen molar-refractivity contribution in [1.29, 1.82) is 0 Å². The van der Waals surface area contributed by atoms with E-state index in [1.165, 1.54) is 0 Å². The number of ether oxygens (including phenoxy) is 1. The minimum atomic E-state index is -4.57. The van der Waals surface area contributed by atoms with Crippen LogP contribution in [0.1, 0.15) is 23.6 Å². The molecule has 0 radical (unpaired) electrons. The maximum atomic E-state index is 13.6. The number of alkyl halides is 3. The van der Waals surface area contributed by atoms with Gasteiger partial charge in [-0.1, -0.05) is 54.1 Å². The summed E-state index contributed by atoms with van der Waals surface area (Å²) in [7, 11) is 1.08. The number of urea groups is 1. The van der Waals surface area contributed by atoms with Crippen molar-refractivity contribution in [2.45, 2.75) is 18.5 Å². The van der Waals surface area contributed by atoms with Crippen molar-refractivity contribution in [3.63, 3.8) is 0 Å². The number of hydrazone groups is 1. The Labute approximate surface area is 210 Å². The molecule has 0 aromatic heterocycles. The molecule has 0 saturated heterocycles. The molecule has 0 N–H and O–H groups in total. The van der Waals surface area contributed by atoms with Gasteiger partial charge in [-0.2, -0.15) is 23.2 Å². The standard InChI is InChI=1S/C26H21ClF3N3O3/c1-25(18-6-4-3-5-7-18)16-32(31-22(25)17-8-12-20(27)13-9-17)23(34)33(24(35)36-2)21-14-10-19(11-15-21)26(28,29)30/h3-15H,16H2,1-2H3. The van der Waals surface area contributed by atoms with Gasteiger partial charge in [0.25, 0.3) is 0 Å². The van der Waals surface area contributed by atoms with Crippen molar-refractivity contribution < 1.29 is 27.5 Å². The highest BCUT2D eigenvalue weighted by molar-refractivity contribution is 6.30. The predicted octanol–water partition coefficient (Wildman–Crippen LogP) is 6.73. The number of imide groups is 1. The molecule has 1 unspecified atom stereocenters. The van der Waals surface area contributed by atoms with Gasteiger partial charge < -0.3 is 4.74 Å². The SMILES string of the molecule is COC(=O)N(C(=O)N1CC(C)(c2ccccc2)C(c2ccc(Cl)cc2)=N1)c1ccc(C(F)(F)F)cc1. The molecule has 3 aromatic rings. The van der Waals surface area contributed by atoms with E-state index in [9.17, 15) is 22.8 Å². The van der Waals surface area contributed by atoms with Gasteiger partial charge in [0.05, 0.1) is 36.0 Å². The third-order valence-electron chi connectivity index (χ3n) is 5.96. The van der Waals surface area contributed by atoms with E-state index in [2.05, 4.69) is 5.10 Å². The molecule has 0 bridgehead atoms. The Bertz CT molecular complexity index is 1300. The topological polar surface area (TPSA) is 62.2 Å². The minimum absolute atomic E-state index is 0.0714. The highest BCUT2D eigenvalue weighted by Gasteiger charge is 2.45. The van der Waals surface area contributed by atoms with Gasteiger partial charge in [0, 0.05) is 5.02 Å². The molecular formula is C26H21ClF3N3O3. The van der Waals surface area contributed by atoms with Gasteiger partial charge in [0.1, 0.15) is 0 Å². The van der Waals surface area contributed by atoms with Gasteiger partial charge in [0.2, 0.25) is 0 Å². The lowest BCUT2D eigenvalue weighted by Gasteiger charge is -2.28. The summed E-state index contributed by atoms with van der Waals surface area (Å²) in [4.78, 5) is 26.8. The zero-order chi connectivity index (χ0) is 26.1. The average Bonchev–Trinajstić information content (AvgIpc) is 3.23. The fourth-order valence-electron chi connectivity index (χ4n) is 4.07. The zero-order valence-electron chi connectivity index (χ0n) is 19.3. The van der Waals surface area contributed by atoms with Crippen LogP contribution in [0.3, 0.4) is 0 Å². The van der Waals surface area contributed by atoms with E-state index in [4.69, 9.17) is 16.3 Å². The number of halogens is 4. The number of methoxy groups -OCH3 is 1. The molecule has 1 atom stereocenters. The molecule has 0 saturated carbocycles. The fraction of sp³-hybridized carbons (Fsp3) is 0.192. The quantitative estimate of drug-likeness (QED) is 0.388. The molecule has 1 aliphatic rings. The zero-order valence-corrected chi connectivity index (χ0v) is 20.0. The smallest absolute Gasteiger partial charge is 0.422 e. The number of rotatable bonds is 3. The predicted molar refractivity (Wildman–Crippen MR) is 130 cm³/mol. The summed E-state index contributed by atoms with van der Waals surface area (Å²) in [6, 6.07) is 19.2. The molecule has 1 heterocycles. The first kappa shape index (κ1) is 25.2. The lowest BCUT2D eigenvalue weighted by atomic mass is 9.76. The van der Waals surface area contributed by atoms with E-state index in [0.717, 1.165) is 47.5 Å². The monoisotopic (exact) mass is 515 g/mol. The Balaban J connectivity index is 1.75. The normalized spacial score (nSPS) is 17.5. The molecule has 3 amide bonds. The lowest BCUT2D eigenvalue weighted by molar-refractivity contribution is -0.137. The highest BCUT2D eigenvalue weighted by Crippen LogP contribution is 2.37. The van der Waals surface area contributed by atoms with E-state index in [1.807, 2.05) is 37.3 Å². The third-order valence-corrected chi connectivity index (χ3v) is 6.21. The molecule has 3 aromatic carbocycles. The lowest BCUT2D eigenvalue weighted by Crippen LogP contribution is -2.46. The summed E-state index contributed by atoms with van der Waals surface area (Å²) >= 11 is 6.05. The van der Waals surface area contributed by atoms with Crippen molar-refractivity contribution in [3.05, 3.63) is 101 Å². The summed E-state index contributed by atoms with van der Waals surface area (Å²) < 4.78 is 43.8. The number of hydrogen-bond acceptors (Lipinski definition) is 4. The third kappa shape index (κ3) is 4.79. The van der Waals surface area contributed by atoms with Gasteiger partial charge in [-0.25, -0.2) is 14.6 Å². The second-order valence-corrected chi connectivity index (χ2v) is 8.78. The molecular weight excluding hydrogens is 495 g/mol. The van der Waals surface area contributed by atoms with Crippen LogP contribution < -0.4 is 4.90 Å². The molecule has 10 heteroatoms. The number of nitrogens with zero attached hydrogens (tertiary/aromatic N) is 3. The Morgan fingerprint density at radius 1 is 1.00 bits per heavy atom. The first-order valence-electron chi connectivity index (χ1n) is 10.8. The molecule has 1 aliphatic heterocycles. The molecule has 0 spiro atoms. The van der Waals surface area contributed by atoms with Crippen molar-refractivity contribution in [2.24, 2.45) is 5.10 Å². The number of hydrogen-bond donors (Lipinski definition) is 0. The van der Waals surface area contributed by atoms with Crippen molar-refractivity contribution in [3.8, 4) is 0 Å². The van der Waals surface area contributed by atoms with Crippen molar-refractivity contribution in [2.75, 3.05) is 18.6 Å². The van der Waals surface area contributed by atoms with Crippen molar-refractivity contribution >= 4 is 35.1 Å². The van der Waals surface area contributed by atoms with E-state index in [0.29, 0.717) is 15.6 Å². The number of benzene rings is 3. The first-order chi connectivity index (χ1) is 17.0. The van der Waals surface area contributed by atoms with Crippen LogP contribution in [0, 0.1) is 0 Å². The van der Waals surface area contributed by atoms with Gasteiger partial charge in [-0.3, -0.25) is 0 Å². The molecule has 4 rings (SSSR count). The van der Waals surface area contributed by atoms with Gasteiger partial charge in [0.15, 0.2) is 0 Å². The summed E-state index contributed by atoms with van der Waals surface area (Å²) in [5.41, 5.74) is 0.414. The number of anilines is 1. The Morgan fingerprint density at radius 2 is 1.61 bits per heavy atom. The first-order valence-corrected chi connectivity index (χ1v) is 11.2. The summed E-state index contributed by atoms with van der Waals surface area (Å²) in [6.07, 6.45) is -5.63. The fourth-order valence-corrected chi connectivity index (χ4v) is 4.20. The Hall–Kier alpha value is -3.85. The summed E-state index contributed by atoms with van der Waals surface area (Å²) in [5.74, 6) is 0. The van der Waals surface area contributed by atoms with E-state index in [-0.39, 0.29) is 12.2 Å². The van der Waals surface area contributed by atoms with Crippen LogP contribution in [0.25, 0.3) is 0 Å². The van der Waals surface area contributed by atoms with Crippen LogP contribution in [0.4, 0.5) is 28.4 Å². The van der Waals surface area contributed by atoms with Crippen LogP contribution >= 0.6 is 11.6 Å². The molecule has 0 fully saturated rings. The van der Waals surface area contributed by atoms with Crippen LogP contribution in [0.2, 0.25) is 5.02 Å². The largest absolute Gasteiger partial charge is 0.452 e. The molecule has 186 valence electrons. The van der Waals surface area contributed by atoms with Crippen LogP contribution in [0.15, 0.2) is 84.0 Å². The van der Waals surface area contributed by atoms with E-state index < -0.39 is 29.3 Å². The van der Waals surface area contributed by atoms with Crippen molar-refractivity contribution in [1.82, 2.24) is 5.01 Å². The molecule has 6 nitrogen and oxygen atoms in total. The Kier molecular flexibility index (Phi) is 6.77. The maximum Gasteiger partial charge on any atom is 0.422 e. The van der Waals surface area contributed by atoms with E-state index >= 15 is 0 Å². The van der Waals surface area contributed by atoms with Gasteiger partial charge >= 0.3 is 18.3 Å². The second kappa shape index (κ2) is 9.66. The number of carbonyl (C=O) groups is 2.